The summed E-state index contributed by atoms with van der Waals surface area (Å²) in [4.78, 5) is 28.8. The van der Waals surface area contributed by atoms with Crippen molar-refractivity contribution in [3.63, 3.8) is 0 Å². The van der Waals surface area contributed by atoms with Crippen molar-refractivity contribution in [1.29, 1.82) is 0 Å². The number of pyridine rings is 1. The first-order valence-electron chi connectivity index (χ1n) is 10.9. The van der Waals surface area contributed by atoms with Gasteiger partial charge >= 0.3 is 5.69 Å². The SMILES string of the molecule is COc1ccc(N2CCN(c3ncnc(Nc4cccc5cccnc45)c3[N+](=O)[O-])CC2)cc1. The lowest BCUT2D eigenvalue weighted by Gasteiger charge is -2.36. The molecule has 10 heteroatoms. The first kappa shape index (κ1) is 21.4. The molecule has 3 heterocycles. The van der Waals surface area contributed by atoms with Crippen LogP contribution in [0, 0.1) is 10.1 Å². The number of ether oxygens (including phenoxy) is 1. The average Bonchev–Trinajstić information content (AvgIpc) is 2.89. The van der Waals surface area contributed by atoms with Crippen LogP contribution in [0.25, 0.3) is 10.9 Å². The standard InChI is InChI=1S/C24H23N7O3/c1-34-19-9-7-18(8-10-19)29-12-14-30(15-13-29)24-22(31(32)33)23(26-16-27-24)28-20-6-2-4-17-5-3-11-25-21(17)20/h2-11,16H,12-15H2,1H3,(H,26,27,28). The van der Waals surface area contributed by atoms with Crippen LogP contribution >= 0.6 is 0 Å². The van der Waals surface area contributed by atoms with Crippen molar-refractivity contribution in [2.75, 3.05) is 48.4 Å². The number of methoxy groups -OCH3 is 1. The second kappa shape index (κ2) is 9.18. The first-order valence-corrected chi connectivity index (χ1v) is 10.9. The molecule has 0 saturated carbocycles. The second-order valence-corrected chi connectivity index (χ2v) is 7.83. The van der Waals surface area contributed by atoms with E-state index in [2.05, 4.69) is 25.2 Å². The van der Waals surface area contributed by atoms with Crippen molar-refractivity contribution in [3.05, 3.63) is 77.2 Å². The molecule has 0 bridgehead atoms. The summed E-state index contributed by atoms with van der Waals surface area (Å²) in [6, 6.07) is 17.3. The monoisotopic (exact) mass is 457 g/mol. The van der Waals surface area contributed by atoms with Gasteiger partial charge in [-0.15, -0.1) is 0 Å². The number of piperazine rings is 1. The molecular weight excluding hydrogens is 434 g/mol. The molecule has 0 aliphatic carbocycles. The highest BCUT2D eigenvalue weighted by molar-refractivity contribution is 5.92. The van der Waals surface area contributed by atoms with E-state index in [1.165, 1.54) is 6.33 Å². The van der Waals surface area contributed by atoms with E-state index in [1.54, 1.807) is 13.3 Å². The van der Waals surface area contributed by atoms with Gasteiger partial charge in [0.1, 0.15) is 12.1 Å². The quantitative estimate of drug-likeness (QED) is 0.339. The molecule has 1 aliphatic heterocycles. The maximum absolute atomic E-state index is 12.1. The van der Waals surface area contributed by atoms with E-state index in [0.717, 1.165) is 16.8 Å². The van der Waals surface area contributed by atoms with E-state index >= 15 is 0 Å². The maximum Gasteiger partial charge on any atom is 0.353 e. The predicted molar refractivity (Wildman–Crippen MR) is 131 cm³/mol. The van der Waals surface area contributed by atoms with Gasteiger partial charge in [0.05, 0.1) is 23.2 Å². The number of para-hydroxylation sites is 1. The third-order valence-corrected chi connectivity index (χ3v) is 5.89. The molecule has 34 heavy (non-hydrogen) atoms. The molecule has 2 aromatic heterocycles. The van der Waals surface area contributed by atoms with Gasteiger partial charge in [0.25, 0.3) is 0 Å². The average molecular weight is 457 g/mol. The fourth-order valence-electron chi connectivity index (χ4n) is 4.16. The van der Waals surface area contributed by atoms with Crippen molar-refractivity contribution in [2.45, 2.75) is 0 Å². The molecule has 1 saturated heterocycles. The van der Waals surface area contributed by atoms with Crippen LogP contribution < -0.4 is 19.9 Å². The minimum Gasteiger partial charge on any atom is -0.497 e. The summed E-state index contributed by atoms with van der Waals surface area (Å²) < 4.78 is 5.23. The van der Waals surface area contributed by atoms with E-state index in [9.17, 15) is 10.1 Å². The lowest BCUT2D eigenvalue weighted by atomic mass is 10.2. The summed E-state index contributed by atoms with van der Waals surface area (Å²) in [5, 5.41) is 16.2. The van der Waals surface area contributed by atoms with Gasteiger partial charge in [-0.05, 0) is 36.4 Å². The van der Waals surface area contributed by atoms with Crippen LogP contribution in [0.1, 0.15) is 0 Å². The summed E-state index contributed by atoms with van der Waals surface area (Å²) in [5.74, 6) is 1.26. The summed E-state index contributed by atoms with van der Waals surface area (Å²) in [6.07, 6.45) is 3.05. The van der Waals surface area contributed by atoms with Crippen LogP contribution in [-0.2, 0) is 0 Å². The van der Waals surface area contributed by atoms with E-state index in [-0.39, 0.29) is 11.5 Å². The molecule has 1 N–H and O–H groups in total. The molecule has 2 aromatic carbocycles. The second-order valence-electron chi connectivity index (χ2n) is 7.83. The van der Waals surface area contributed by atoms with Gasteiger partial charge in [-0.1, -0.05) is 18.2 Å². The molecule has 4 aromatic rings. The Kier molecular flexibility index (Phi) is 5.77. The third-order valence-electron chi connectivity index (χ3n) is 5.89. The van der Waals surface area contributed by atoms with E-state index in [1.807, 2.05) is 59.5 Å². The highest BCUT2D eigenvalue weighted by Crippen LogP contribution is 2.35. The smallest absolute Gasteiger partial charge is 0.353 e. The predicted octanol–water partition coefficient (Wildman–Crippen LogP) is 4.01. The molecule has 5 rings (SSSR count). The molecule has 0 radical (unpaired) electrons. The fourth-order valence-corrected chi connectivity index (χ4v) is 4.16. The Morgan fingerprint density at radius 3 is 2.41 bits per heavy atom. The van der Waals surface area contributed by atoms with E-state index in [0.29, 0.717) is 43.2 Å². The van der Waals surface area contributed by atoms with Gasteiger partial charge in [-0.3, -0.25) is 15.1 Å². The number of nitrogens with zero attached hydrogens (tertiary/aromatic N) is 6. The van der Waals surface area contributed by atoms with Gasteiger partial charge in [-0.2, -0.15) is 0 Å². The van der Waals surface area contributed by atoms with Gasteiger partial charge in [-0.25, -0.2) is 9.97 Å². The normalized spacial score (nSPS) is 13.7. The Labute approximate surface area is 196 Å². The Balaban J connectivity index is 1.39. The molecule has 1 aliphatic rings. The molecule has 0 amide bonds. The molecule has 172 valence electrons. The highest BCUT2D eigenvalue weighted by Gasteiger charge is 2.29. The number of hydrogen-bond acceptors (Lipinski definition) is 9. The van der Waals surface area contributed by atoms with Gasteiger partial charge < -0.3 is 19.9 Å². The van der Waals surface area contributed by atoms with Crippen molar-refractivity contribution in [1.82, 2.24) is 15.0 Å². The lowest BCUT2D eigenvalue weighted by molar-refractivity contribution is -0.383. The van der Waals surface area contributed by atoms with Crippen molar-refractivity contribution in [2.24, 2.45) is 0 Å². The fraction of sp³-hybridized carbons (Fsp3) is 0.208. The van der Waals surface area contributed by atoms with Crippen molar-refractivity contribution >= 4 is 39.6 Å². The van der Waals surface area contributed by atoms with E-state index in [4.69, 9.17) is 4.74 Å². The minimum absolute atomic E-state index is 0.144. The van der Waals surface area contributed by atoms with Gasteiger partial charge in [0.15, 0.2) is 0 Å². The number of nitrogens with one attached hydrogen (secondary N) is 1. The Bertz CT molecular complexity index is 1320. The van der Waals surface area contributed by atoms with Crippen LogP contribution in [-0.4, -0.2) is 53.2 Å². The first-order chi connectivity index (χ1) is 16.6. The van der Waals surface area contributed by atoms with E-state index < -0.39 is 4.92 Å². The summed E-state index contributed by atoms with van der Waals surface area (Å²) in [6.45, 7) is 2.62. The molecule has 0 atom stereocenters. The van der Waals surface area contributed by atoms with Crippen LogP contribution in [0.5, 0.6) is 5.75 Å². The van der Waals surface area contributed by atoms with Crippen LogP contribution in [0.2, 0.25) is 0 Å². The zero-order chi connectivity index (χ0) is 23.5. The zero-order valence-electron chi connectivity index (χ0n) is 18.6. The van der Waals surface area contributed by atoms with Crippen molar-refractivity contribution in [3.8, 4) is 5.75 Å². The Morgan fingerprint density at radius 2 is 1.68 bits per heavy atom. The number of benzene rings is 2. The number of rotatable bonds is 6. The number of nitro groups is 1. The molecule has 0 unspecified atom stereocenters. The molecule has 1 fully saturated rings. The Morgan fingerprint density at radius 1 is 0.941 bits per heavy atom. The van der Waals surface area contributed by atoms with Crippen LogP contribution in [0.3, 0.4) is 0 Å². The molecule has 10 nitrogen and oxygen atoms in total. The number of anilines is 4. The zero-order valence-corrected chi connectivity index (χ0v) is 18.6. The summed E-state index contributed by atoms with van der Waals surface area (Å²) in [7, 11) is 1.64. The highest BCUT2D eigenvalue weighted by atomic mass is 16.6. The van der Waals surface area contributed by atoms with Gasteiger partial charge in [0.2, 0.25) is 11.6 Å². The lowest BCUT2D eigenvalue weighted by Crippen LogP contribution is -2.47. The largest absolute Gasteiger partial charge is 0.497 e. The number of hydrogen-bond donors (Lipinski definition) is 1. The summed E-state index contributed by atoms with van der Waals surface area (Å²) in [5.41, 5.74) is 2.31. The number of fused-ring (bicyclic) bond motifs is 1. The van der Waals surface area contributed by atoms with Crippen molar-refractivity contribution < 1.29 is 9.66 Å². The Hall–Kier alpha value is -4.47. The van der Waals surface area contributed by atoms with Gasteiger partial charge in [0, 0.05) is 43.4 Å². The molecular formula is C24H23N7O3. The topological polar surface area (TPSA) is 110 Å². The maximum atomic E-state index is 12.1. The minimum atomic E-state index is -0.425. The van der Waals surface area contributed by atoms with Crippen LogP contribution in [0.4, 0.5) is 28.7 Å². The summed E-state index contributed by atoms with van der Waals surface area (Å²) >= 11 is 0. The molecule has 0 spiro atoms. The number of aromatic nitrogens is 3. The third kappa shape index (κ3) is 4.13. The van der Waals surface area contributed by atoms with Crippen LogP contribution in [0.15, 0.2) is 67.1 Å².